The van der Waals surface area contributed by atoms with E-state index in [1.807, 2.05) is 23.1 Å². The van der Waals surface area contributed by atoms with Crippen molar-refractivity contribution in [1.82, 2.24) is 4.57 Å². The molecule has 3 heterocycles. The third-order valence-electron chi connectivity index (χ3n) is 13.6. The topological polar surface area (TPSA) is 8.17 Å². The van der Waals surface area contributed by atoms with Gasteiger partial charge in [-0.25, -0.2) is 0 Å². The van der Waals surface area contributed by atoms with E-state index in [9.17, 15) is 0 Å². The van der Waals surface area contributed by atoms with Crippen LogP contribution in [0.5, 0.6) is 0 Å². The van der Waals surface area contributed by atoms with Crippen molar-refractivity contribution >= 4 is 92.9 Å². The van der Waals surface area contributed by atoms with Crippen molar-refractivity contribution in [1.29, 1.82) is 0 Å². The summed E-state index contributed by atoms with van der Waals surface area (Å²) in [5.41, 5.74) is 14.2. The molecule has 0 radical (unpaired) electrons. The lowest BCUT2D eigenvalue weighted by atomic mass is 9.59. The van der Waals surface area contributed by atoms with Crippen molar-refractivity contribution in [3.63, 3.8) is 0 Å². The van der Waals surface area contributed by atoms with Crippen molar-refractivity contribution in [3.05, 3.63) is 241 Å². The van der Waals surface area contributed by atoms with Crippen LogP contribution in [-0.4, -0.2) is 4.57 Å². The van der Waals surface area contributed by atoms with Crippen LogP contribution >= 0.6 is 23.1 Å². The number of rotatable bonds is 4. The number of nitrogens with zero attached hydrogens (tertiary/aromatic N) is 2. The molecule has 10 aromatic carbocycles. The molecular formula is C59H36N2S2. The van der Waals surface area contributed by atoms with Crippen molar-refractivity contribution in [3.8, 4) is 16.8 Å². The summed E-state index contributed by atoms with van der Waals surface area (Å²) >= 11 is 3.76. The maximum Gasteiger partial charge on any atom is 0.0736 e. The first-order chi connectivity index (χ1) is 31.2. The summed E-state index contributed by atoms with van der Waals surface area (Å²) in [5, 5.41) is 7.69. The molecule has 0 bridgehead atoms. The van der Waals surface area contributed by atoms with E-state index < -0.39 is 5.41 Å². The summed E-state index contributed by atoms with van der Waals surface area (Å²) in [6.07, 6.45) is 0. The average molecular weight is 837 g/mol. The van der Waals surface area contributed by atoms with Crippen LogP contribution in [0.3, 0.4) is 0 Å². The number of para-hydroxylation sites is 2. The van der Waals surface area contributed by atoms with Crippen LogP contribution in [-0.2, 0) is 5.41 Å². The number of thiophene rings is 1. The van der Waals surface area contributed by atoms with Gasteiger partial charge in [-0.05, 0) is 117 Å². The van der Waals surface area contributed by atoms with E-state index >= 15 is 0 Å². The first-order valence-electron chi connectivity index (χ1n) is 21.6. The summed E-state index contributed by atoms with van der Waals surface area (Å²) in [5.74, 6) is 0. The molecule has 1 aliphatic carbocycles. The minimum Gasteiger partial charge on any atom is -0.310 e. The average Bonchev–Trinajstić information content (AvgIpc) is 3.88. The molecule has 294 valence electrons. The highest BCUT2D eigenvalue weighted by Gasteiger charge is 2.48. The Morgan fingerprint density at radius 1 is 0.381 bits per heavy atom. The Balaban J connectivity index is 1.09. The van der Waals surface area contributed by atoms with Crippen LogP contribution in [0, 0.1) is 0 Å². The van der Waals surface area contributed by atoms with Gasteiger partial charge < -0.3 is 9.47 Å². The SMILES string of the molecule is c1ccc(-n2c3ccccc3c3ccc(N(c4ccc5c(c4)C4(c6ccccc6Sc6ccccc64)c4cccc6cccc-5c46)c4ccc5c(c4)sc4ccccc45)cc32)cc1. The zero-order valence-electron chi connectivity index (χ0n) is 34.0. The summed E-state index contributed by atoms with van der Waals surface area (Å²) in [4.78, 5) is 5.10. The lowest BCUT2D eigenvalue weighted by molar-refractivity contribution is 0.707. The third kappa shape index (κ3) is 4.91. The fourth-order valence-electron chi connectivity index (χ4n) is 11.1. The van der Waals surface area contributed by atoms with Gasteiger partial charge in [-0.15, -0.1) is 11.3 Å². The molecule has 0 saturated carbocycles. The molecule has 1 aliphatic heterocycles. The van der Waals surface area contributed by atoms with Crippen LogP contribution in [0.4, 0.5) is 17.1 Å². The molecule has 2 nitrogen and oxygen atoms in total. The fraction of sp³-hybridized carbons (Fsp3) is 0.0169. The Labute approximate surface area is 372 Å². The lowest BCUT2D eigenvalue weighted by Gasteiger charge is -2.46. The fourth-order valence-corrected chi connectivity index (χ4v) is 13.4. The Bertz CT molecular complexity index is 3810. The number of benzene rings is 10. The molecule has 0 fully saturated rings. The van der Waals surface area contributed by atoms with E-state index in [1.165, 1.54) is 95.9 Å². The monoisotopic (exact) mass is 836 g/mol. The Kier molecular flexibility index (Phi) is 7.45. The maximum atomic E-state index is 2.53. The van der Waals surface area contributed by atoms with Crippen molar-refractivity contribution in [2.45, 2.75) is 15.2 Å². The minimum absolute atomic E-state index is 0.553. The van der Waals surface area contributed by atoms with Crippen molar-refractivity contribution < 1.29 is 0 Å². The van der Waals surface area contributed by atoms with E-state index in [0.717, 1.165) is 22.7 Å². The predicted octanol–water partition coefficient (Wildman–Crippen LogP) is 16.6. The highest BCUT2D eigenvalue weighted by atomic mass is 32.2. The molecule has 1 spiro atoms. The van der Waals surface area contributed by atoms with Gasteiger partial charge in [0.15, 0.2) is 0 Å². The third-order valence-corrected chi connectivity index (χ3v) is 15.9. The van der Waals surface area contributed by atoms with E-state index in [1.54, 1.807) is 0 Å². The van der Waals surface area contributed by atoms with Crippen LogP contribution in [0.25, 0.3) is 69.6 Å². The van der Waals surface area contributed by atoms with Crippen LogP contribution in [0.1, 0.15) is 22.3 Å². The molecule has 12 aromatic rings. The molecule has 0 N–H and O–H groups in total. The number of aromatic nitrogens is 1. The summed E-state index contributed by atoms with van der Waals surface area (Å²) in [6.45, 7) is 0. The quantitative estimate of drug-likeness (QED) is 0.174. The van der Waals surface area contributed by atoms with Gasteiger partial charge >= 0.3 is 0 Å². The molecule has 63 heavy (non-hydrogen) atoms. The number of hydrogen-bond acceptors (Lipinski definition) is 3. The van der Waals surface area contributed by atoms with Crippen LogP contribution in [0.15, 0.2) is 228 Å². The second-order valence-corrected chi connectivity index (χ2v) is 19.0. The molecule has 4 heteroatoms. The standard InChI is InChI=1S/C59H36N2S2/c1-2-16-38(17-3-1)61-52-24-8-4-18-43(52)44-32-29-40(35-53(44)61)60(41-30-33-46-45-19-5-9-25-54(45)62-57(46)36-41)39-28-31-42-47-20-12-14-37-15-13-23-50(58(37)47)59(51(42)34-39)48-21-6-10-26-55(48)63-56-27-11-7-22-49(56)59/h1-36H. The van der Waals surface area contributed by atoms with Gasteiger partial charge in [0.2, 0.25) is 0 Å². The number of fused-ring (bicyclic) bond motifs is 14. The summed E-state index contributed by atoms with van der Waals surface area (Å²) in [6, 6.07) is 81.8. The molecule has 0 atom stereocenters. The van der Waals surface area contributed by atoms with Crippen LogP contribution in [0.2, 0.25) is 0 Å². The van der Waals surface area contributed by atoms with E-state index in [-0.39, 0.29) is 0 Å². The van der Waals surface area contributed by atoms with Gasteiger partial charge in [0.05, 0.1) is 16.4 Å². The zero-order valence-corrected chi connectivity index (χ0v) is 35.6. The first-order valence-corrected chi connectivity index (χ1v) is 23.2. The maximum absolute atomic E-state index is 2.53. The molecule has 0 unspecified atom stereocenters. The van der Waals surface area contributed by atoms with E-state index in [4.69, 9.17) is 0 Å². The van der Waals surface area contributed by atoms with Gasteiger partial charge in [-0.1, -0.05) is 157 Å². The summed E-state index contributed by atoms with van der Waals surface area (Å²) in [7, 11) is 0. The van der Waals surface area contributed by atoms with Gasteiger partial charge in [0.25, 0.3) is 0 Å². The Hall–Kier alpha value is -7.37. The number of hydrogen-bond donors (Lipinski definition) is 0. The normalized spacial score (nSPS) is 13.5. The minimum atomic E-state index is -0.553. The first kappa shape index (κ1) is 35.2. The summed E-state index contributed by atoms with van der Waals surface area (Å²) < 4.78 is 5.01. The van der Waals surface area contributed by atoms with Gasteiger partial charge in [0, 0.05) is 63.5 Å². The Morgan fingerprint density at radius 2 is 0.984 bits per heavy atom. The lowest BCUT2D eigenvalue weighted by Crippen LogP contribution is -2.36. The van der Waals surface area contributed by atoms with E-state index in [0.29, 0.717) is 0 Å². The second kappa shape index (κ2) is 13.3. The molecule has 2 aromatic heterocycles. The largest absolute Gasteiger partial charge is 0.310 e. The number of anilines is 3. The molecule has 0 saturated heterocycles. The highest BCUT2D eigenvalue weighted by molar-refractivity contribution is 7.99. The molecule has 2 aliphatic rings. The van der Waals surface area contributed by atoms with Crippen molar-refractivity contribution in [2.75, 3.05) is 4.90 Å². The molecular weight excluding hydrogens is 801 g/mol. The van der Waals surface area contributed by atoms with Gasteiger partial charge in [-0.3, -0.25) is 0 Å². The van der Waals surface area contributed by atoms with Crippen LogP contribution < -0.4 is 4.90 Å². The predicted molar refractivity (Wildman–Crippen MR) is 267 cm³/mol. The highest BCUT2D eigenvalue weighted by Crippen LogP contribution is 2.62. The smallest absolute Gasteiger partial charge is 0.0736 e. The van der Waals surface area contributed by atoms with E-state index in [2.05, 4.69) is 228 Å². The Morgan fingerprint density at radius 3 is 1.81 bits per heavy atom. The van der Waals surface area contributed by atoms with Crippen molar-refractivity contribution in [2.24, 2.45) is 0 Å². The molecule has 14 rings (SSSR count). The zero-order chi connectivity index (χ0) is 41.2. The second-order valence-electron chi connectivity index (χ2n) is 16.8. The van der Waals surface area contributed by atoms with Gasteiger partial charge in [-0.2, -0.15) is 0 Å². The molecule has 0 amide bonds. The van der Waals surface area contributed by atoms with Gasteiger partial charge in [0.1, 0.15) is 0 Å².